The minimum Gasteiger partial charge on any atom is -0.508 e. The first kappa shape index (κ1) is 14.7. The Bertz CT molecular complexity index is 632. The Morgan fingerprint density at radius 2 is 1.48 bits per heavy atom. The van der Waals surface area contributed by atoms with E-state index >= 15 is 0 Å². The van der Waals surface area contributed by atoms with Crippen molar-refractivity contribution in [1.82, 2.24) is 4.90 Å². The molecule has 5 heteroatoms. The maximum Gasteiger partial charge on any atom is 0.254 e. The number of hydrogen-bond donors (Lipinski definition) is 3. The van der Waals surface area contributed by atoms with Crippen molar-refractivity contribution in [3.8, 4) is 17.2 Å². The van der Waals surface area contributed by atoms with Crippen molar-refractivity contribution in [2.24, 2.45) is 0 Å². The smallest absolute Gasteiger partial charge is 0.254 e. The third-order valence-corrected chi connectivity index (χ3v) is 3.43. The summed E-state index contributed by atoms with van der Waals surface area (Å²) in [5.74, 6) is -0.479. The quantitative estimate of drug-likeness (QED) is 0.810. The van der Waals surface area contributed by atoms with Gasteiger partial charge in [-0.15, -0.1) is 0 Å². The summed E-state index contributed by atoms with van der Waals surface area (Å²) < 4.78 is 0. The van der Waals surface area contributed by atoms with Gasteiger partial charge in [-0.1, -0.05) is 12.1 Å². The molecule has 0 fully saturated rings. The molecule has 1 atom stereocenters. The second-order valence-corrected chi connectivity index (χ2v) is 4.92. The second kappa shape index (κ2) is 5.75. The Balaban J connectivity index is 2.23. The number of carbonyl (C=O) groups excluding carboxylic acids is 1. The largest absolute Gasteiger partial charge is 0.508 e. The number of nitrogens with zero attached hydrogens (tertiary/aromatic N) is 1. The molecule has 2 aromatic carbocycles. The molecule has 2 rings (SSSR count). The highest BCUT2D eigenvalue weighted by molar-refractivity contribution is 5.95. The van der Waals surface area contributed by atoms with Crippen molar-refractivity contribution in [1.29, 1.82) is 0 Å². The molecule has 0 bridgehead atoms. The van der Waals surface area contributed by atoms with Crippen LogP contribution >= 0.6 is 0 Å². The van der Waals surface area contributed by atoms with E-state index in [0.717, 1.165) is 5.56 Å². The Labute approximate surface area is 122 Å². The normalized spacial score (nSPS) is 11.9. The predicted molar refractivity (Wildman–Crippen MR) is 78.4 cm³/mol. The molecular formula is C16H17NO4. The van der Waals surface area contributed by atoms with Crippen LogP contribution in [0.15, 0.2) is 42.5 Å². The summed E-state index contributed by atoms with van der Waals surface area (Å²) in [5, 5.41) is 28.2. The molecule has 0 radical (unpaired) electrons. The monoisotopic (exact) mass is 287 g/mol. The maximum atomic E-state index is 12.4. The summed E-state index contributed by atoms with van der Waals surface area (Å²) in [6.45, 7) is 1.85. The van der Waals surface area contributed by atoms with Crippen LogP contribution in [0.2, 0.25) is 0 Å². The van der Waals surface area contributed by atoms with Gasteiger partial charge in [0, 0.05) is 18.7 Å². The number of rotatable bonds is 3. The summed E-state index contributed by atoms with van der Waals surface area (Å²) in [7, 11) is 1.64. The highest BCUT2D eigenvalue weighted by Gasteiger charge is 2.19. The minimum absolute atomic E-state index is 0.163. The number of phenols is 3. The van der Waals surface area contributed by atoms with E-state index in [1.165, 1.54) is 23.1 Å². The van der Waals surface area contributed by atoms with Gasteiger partial charge in [0.2, 0.25) is 0 Å². The van der Waals surface area contributed by atoms with E-state index in [4.69, 9.17) is 0 Å². The summed E-state index contributed by atoms with van der Waals surface area (Å²) in [6.07, 6.45) is 0. The molecule has 0 aliphatic carbocycles. The highest BCUT2D eigenvalue weighted by Crippen LogP contribution is 2.25. The van der Waals surface area contributed by atoms with Gasteiger partial charge in [-0.2, -0.15) is 0 Å². The van der Waals surface area contributed by atoms with Gasteiger partial charge in [-0.25, -0.2) is 0 Å². The SMILES string of the molecule is CC(c1ccc(O)cc1)N(C)C(=O)c1cc(O)cc(O)c1. The highest BCUT2D eigenvalue weighted by atomic mass is 16.3. The molecule has 3 N–H and O–H groups in total. The van der Waals surface area contributed by atoms with E-state index in [-0.39, 0.29) is 34.8 Å². The van der Waals surface area contributed by atoms with Gasteiger partial charge >= 0.3 is 0 Å². The van der Waals surface area contributed by atoms with Gasteiger partial charge in [0.1, 0.15) is 17.2 Å². The molecule has 0 saturated heterocycles. The lowest BCUT2D eigenvalue weighted by molar-refractivity contribution is 0.0742. The fourth-order valence-corrected chi connectivity index (χ4v) is 2.07. The Hall–Kier alpha value is -2.69. The Morgan fingerprint density at radius 1 is 0.952 bits per heavy atom. The number of amides is 1. The van der Waals surface area contributed by atoms with Gasteiger partial charge in [0.15, 0.2) is 0 Å². The van der Waals surface area contributed by atoms with Crippen molar-refractivity contribution in [3.63, 3.8) is 0 Å². The molecule has 110 valence electrons. The zero-order valence-electron chi connectivity index (χ0n) is 11.8. The van der Waals surface area contributed by atoms with E-state index in [9.17, 15) is 20.1 Å². The van der Waals surface area contributed by atoms with Crippen LogP contribution in [-0.4, -0.2) is 33.2 Å². The average molecular weight is 287 g/mol. The summed E-state index contributed by atoms with van der Waals surface area (Å²) >= 11 is 0. The number of carbonyl (C=O) groups is 1. The number of phenolic OH excluding ortho intramolecular Hbond substituents is 3. The number of aromatic hydroxyl groups is 3. The maximum absolute atomic E-state index is 12.4. The third kappa shape index (κ3) is 3.25. The molecule has 0 aliphatic heterocycles. The van der Waals surface area contributed by atoms with E-state index in [1.807, 2.05) is 6.92 Å². The van der Waals surface area contributed by atoms with E-state index < -0.39 is 0 Å². The van der Waals surface area contributed by atoms with E-state index in [0.29, 0.717) is 0 Å². The molecule has 21 heavy (non-hydrogen) atoms. The fourth-order valence-electron chi connectivity index (χ4n) is 2.07. The number of hydrogen-bond acceptors (Lipinski definition) is 4. The molecule has 5 nitrogen and oxygen atoms in total. The van der Waals surface area contributed by atoms with Crippen LogP contribution in [0.5, 0.6) is 17.2 Å². The first-order valence-corrected chi connectivity index (χ1v) is 6.47. The van der Waals surface area contributed by atoms with Crippen LogP contribution in [0.3, 0.4) is 0 Å². The zero-order chi connectivity index (χ0) is 15.6. The Morgan fingerprint density at radius 3 is 2.00 bits per heavy atom. The van der Waals surface area contributed by atoms with Crippen molar-refractivity contribution < 1.29 is 20.1 Å². The molecular weight excluding hydrogens is 270 g/mol. The Kier molecular flexibility index (Phi) is 4.03. The number of benzene rings is 2. The van der Waals surface area contributed by atoms with Crippen LogP contribution in [0, 0.1) is 0 Å². The fraction of sp³-hybridized carbons (Fsp3) is 0.188. The van der Waals surface area contributed by atoms with Crippen molar-refractivity contribution in [2.75, 3.05) is 7.05 Å². The van der Waals surface area contributed by atoms with Crippen molar-refractivity contribution >= 4 is 5.91 Å². The van der Waals surface area contributed by atoms with Crippen LogP contribution in [0.1, 0.15) is 28.9 Å². The molecule has 0 aromatic heterocycles. The first-order valence-electron chi connectivity index (χ1n) is 6.47. The summed E-state index contributed by atoms with van der Waals surface area (Å²) in [5.41, 5.74) is 1.08. The van der Waals surface area contributed by atoms with Gasteiger partial charge in [-0.3, -0.25) is 4.79 Å². The van der Waals surface area contributed by atoms with Crippen LogP contribution in [0.4, 0.5) is 0 Å². The molecule has 0 spiro atoms. The topological polar surface area (TPSA) is 81.0 Å². The zero-order valence-corrected chi connectivity index (χ0v) is 11.8. The second-order valence-electron chi connectivity index (χ2n) is 4.92. The predicted octanol–water partition coefficient (Wildman–Crippen LogP) is 2.64. The summed E-state index contributed by atoms with van der Waals surface area (Å²) in [4.78, 5) is 13.9. The molecule has 0 aliphatic rings. The molecule has 2 aromatic rings. The molecule has 0 saturated carbocycles. The lowest BCUT2D eigenvalue weighted by atomic mass is 10.1. The van der Waals surface area contributed by atoms with Crippen molar-refractivity contribution in [2.45, 2.75) is 13.0 Å². The van der Waals surface area contributed by atoms with Crippen LogP contribution in [-0.2, 0) is 0 Å². The van der Waals surface area contributed by atoms with Crippen molar-refractivity contribution in [3.05, 3.63) is 53.6 Å². The minimum atomic E-state index is -0.318. The van der Waals surface area contributed by atoms with Gasteiger partial charge in [0.25, 0.3) is 5.91 Å². The van der Waals surface area contributed by atoms with E-state index in [2.05, 4.69) is 0 Å². The van der Waals surface area contributed by atoms with Crippen LogP contribution in [0.25, 0.3) is 0 Å². The average Bonchev–Trinajstić information content (AvgIpc) is 2.44. The van der Waals surface area contributed by atoms with E-state index in [1.54, 1.807) is 31.3 Å². The standard InChI is InChI=1S/C16H17NO4/c1-10(11-3-5-13(18)6-4-11)17(2)16(21)12-7-14(19)9-15(20)8-12/h3-10,18-20H,1-2H3. The lowest BCUT2D eigenvalue weighted by Gasteiger charge is -2.25. The summed E-state index contributed by atoms with van der Waals surface area (Å²) in [6, 6.07) is 10.2. The van der Waals surface area contributed by atoms with Gasteiger partial charge < -0.3 is 20.2 Å². The molecule has 1 unspecified atom stereocenters. The van der Waals surface area contributed by atoms with Gasteiger partial charge in [0.05, 0.1) is 6.04 Å². The first-order chi connectivity index (χ1) is 9.88. The third-order valence-electron chi connectivity index (χ3n) is 3.43. The van der Waals surface area contributed by atoms with Crippen LogP contribution < -0.4 is 0 Å². The molecule has 1 amide bonds. The van der Waals surface area contributed by atoms with Gasteiger partial charge in [-0.05, 0) is 36.8 Å². The molecule has 0 heterocycles. The lowest BCUT2D eigenvalue weighted by Crippen LogP contribution is -2.29.